The predicted molar refractivity (Wildman–Crippen MR) is 60.0 cm³/mol. The molecule has 0 heterocycles. The molecule has 1 fully saturated rings. The van der Waals surface area contributed by atoms with Gasteiger partial charge < -0.3 is 15.7 Å². The number of carboxylic acids is 1. The first-order chi connectivity index (χ1) is 7.29. The highest BCUT2D eigenvalue weighted by molar-refractivity contribution is 5.79. The van der Waals surface area contributed by atoms with Crippen LogP contribution in [0.5, 0.6) is 0 Å². The summed E-state index contributed by atoms with van der Waals surface area (Å²) in [6, 6.07) is -0.0526. The first kappa shape index (κ1) is 13.0. The molecule has 0 radical (unpaired) electrons. The van der Waals surface area contributed by atoms with E-state index in [0.29, 0.717) is 6.42 Å². The SMILES string of the molecule is CC(C)(C)NC(=O)CNC1CCC1C(=O)O. The summed E-state index contributed by atoms with van der Waals surface area (Å²) in [4.78, 5) is 22.2. The number of aliphatic carboxylic acids is 1. The Morgan fingerprint density at radius 1 is 1.31 bits per heavy atom. The summed E-state index contributed by atoms with van der Waals surface area (Å²) >= 11 is 0. The Hall–Kier alpha value is -1.10. The Kier molecular flexibility index (Phi) is 3.91. The molecule has 0 spiro atoms. The molecule has 5 heteroatoms. The highest BCUT2D eigenvalue weighted by atomic mass is 16.4. The van der Waals surface area contributed by atoms with Crippen LogP contribution in [0.1, 0.15) is 33.6 Å². The fourth-order valence-electron chi connectivity index (χ4n) is 1.73. The van der Waals surface area contributed by atoms with Crippen LogP contribution in [0.4, 0.5) is 0 Å². The van der Waals surface area contributed by atoms with Gasteiger partial charge in [-0.15, -0.1) is 0 Å². The Bertz CT molecular complexity index is 283. The van der Waals surface area contributed by atoms with Crippen LogP contribution in [0.3, 0.4) is 0 Å². The number of amides is 1. The molecule has 0 aliphatic heterocycles. The minimum atomic E-state index is -0.778. The zero-order valence-electron chi connectivity index (χ0n) is 10.0. The summed E-state index contributed by atoms with van der Waals surface area (Å²) in [5.41, 5.74) is -0.245. The lowest BCUT2D eigenvalue weighted by Gasteiger charge is -2.34. The maximum Gasteiger partial charge on any atom is 0.308 e. The maximum absolute atomic E-state index is 11.5. The van der Waals surface area contributed by atoms with E-state index in [1.165, 1.54) is 0 Å². The van der Waals surface area contributed by atoms with Crippen molar-refractivity contribution in [3.8, 4) is 0 Å². The van der Waals surface area contributed by atoms with Gasteiger partial charge in [-0.1, -0.05) is 0 Å². The summed E-state index contributed by atoms with van der Waals surface area (Å²) in [5.74, 6) is -1.20. The van der Waals surface area contributed by atoms with Gasteiger partial charge in [0.25, 0.3) is 0 Å². The summed E-state index contributed by atoms with van der Waals surface area (Å²) < 4.78 is 0. The van der Waals surface area contributed by atoms with Crippen LogP contribution in [-0.4, -0.2) is 35.1 Å². The second kappa shape index (κ2) is 4.82. The van der Waals surface area contributed by atoms with Crippen molar-refractivity contribution in [1.29, 1.82) is 0 Å². The highest BCUT2D eigenvalue weighted by Gasteiger charge is 2.36. The van der Waals surface area contributed by atoms with Crippen molar-refractivity contribution in [2.24, 2.45) is 5.92 Å². The molecule has 0 bridgehead atoms. The summed E-state index contributed by atoms with van der Waals surface area (Å²) in [7, 11) is 0. The van der Waals surface area contributed by atoms with E-state index in [1.807, 2.05) is 20.8 Å². The van der Waals surface area contributed by atoms with Crippen molar-refractivity contribution in [2.45, 2.75) is 45.2 Å². The van der Waals surface area contributed by atoms with Crippen LogP contribution < -0.4 is 10.6 Å². The molecule has 1 rings (SSSR count). The first-order valence-corrected chi connectivity index (χ1v) is 5.57. The van der Waals surface area contributed by atoms with Gasteiger partial charge in [0.2, 0.25) is 5.91 Å². The third kappa shape index (κ3) is 3.81. The third-order valence-electron chi connectivity index (χ3n) is 2.63. The second-order valence-electron chi connectivity index (χ2n) is 5.31. The molecule has 1 saturated carbocycles. The number of hydrogen-bond donors (Lipinski definition) is 3. The zero-order chi connectivity index (χ0) is 12.3. The molecule has 1 aliphatic rings. The molecule has 0 aromatic carbocycles. The summed E-state index contributed by atoms with van der Waals surface area (Å²) in [5, 5.41) is 14.6. The smallest absolute Gasteiger partial charge is 0.308 e. The largest absolute Gasteiger partial charge is 0.481 e. The molecule has 0 aromatic heterocycles. The maximum atomic E-state index is 11.5. The van der Waals surface area contributed by atoms with Crippen LogP contribution in [0.2, 0.25) is 0 Å². The van der Waals surface area contributed by atoms with Crippen LogP contribution in [0, 0.1) is 5.92 Å². The standard InChI is InChI=1S/C11H20N2O3/c1-11(2,3)13-9(14)6-12-8-5-4-7(8)10(15)16/h7-8,12H,4-6H2,1-3H3,(H,13,14)(H,15,16). The van der Waals surface area contributed by atoms with Gasteiger partial charge in [0.1, 0.15) is 0 Å². The number of nitrogens with one attached hydrogen (secondary N) is 2. The number of hydrogen-bond acceptors (Lipinski definition) is 3. The van der Waals surface area contributed by atoms with E-state index in [1.54, 1.807) is 0 Å². The van der Waals surface area contributed by atoms with E-state index in [2.05, 4.69) is 10.6 Å². The molecular formula is C11H20N2O3. The lowest BCUT2D eigenvalue weighted by Crippen LogP contribution is -2.52. The predicted octanol–water partition coefficient (Wildman–Crippen LogP) is 0.354. The topological polar surface area (TPSA) is 78.4 Å². The lowest BCUT2D eigenvalue weighted by atomic mass is 9.79. The van der Waals surface area contributed by atoms with Gasteiger partial charge in [-0.2, -0.15) is 0 Å². The number of carboxylic acid groups (broad SMARTS) is 1. The highest BCUT2D eigenvalue weighted by Crippen LogP contribution is 2.27. The average molecular weight is 228 g/mol. The van der Waals surface area contributed by atoms with E-state index in [-0.39, 0.29) is 30.0 Å². The van der Waals surface area contributed by atoms with Crippen molar-refractivity contribution in [3.05, 3.63) is 0 Å². The number of carbonyl (C=O) groups is 2. The normalized spacial score (nSPS) is 24.7. The van der Waals surface area contributed by atoms with Crippen molar-refractivity contribution < 1.29 is 14.7 Å². The van der Waals surface area contributed by atoms with Crippen LogP contribution in [-0.2, 0) is 9.59 Å². The van der Waals surface area contributed by atoms with Gasteiger partial charge in [0.15, 0.2) is 0 Å². The number of carbonyl (C=O) groups excluding carboxylic acids is 1. The molecule has 0 saturated heterocycles. The molecule has 0 aromatic rings. The van der Waals surface area contributed by atoms with E-state index >= 15 is 0 Å². The molecule has 3 N–H and O–H groups in total. The minimum Gasteiger partial charge on any atom is -0.481 e. The van der Waals surface area contributed by atoms with Gasteiger partial charge in [-0.25, -0.2) is 0 Å². The fraction of sp³-hybridized carbons (Fsp3) is 0.818. The monoisotopic (exact) mass is 228 g/mol. The molecule has 92 valence electrons. The van der Waals surface area contributed by atoms with Gasteiger partial charge in [0, 0.05) is 11.6 Å². The molecule has 5 nitrogen and oxygen atoms in total. The van der Waals surface area contributed by atoms with Gasteiger partial charge in [-0.3, -0.25) is 9.59 Å². The van der Waals surface area contributed by atoms with Crippen molar-refractivity contribution in [3.63, 3.8) is 0 Å². The van der Waals surface area contributed by atoms with E-state index < -0.39 is 5.97 Å². The fourth-order valence-corrected chi connectivity index (χ4v) is 1.73. The van der Waals surface area contributed by atoms with E-state index in [9.17, 15) is 9.59 Å². The molecule has 2 atom stereocenters. The Labute approximate surface area is 95.6 Å². The van der Waals surface area contributed by atoms with Gasteiger partial charge >= 0.3 is 5.97 Å². The zero-order valence-corrected chi connectivity index (χ0v) is 10.0. The first-order valence-electron chi connectivity index (χ1n) is 5.57. The minimum absolute atomic E-state index is 0.0526. The Balaban J connectivity index is 2.25. The van der Waals surface area contributed by atoms with Gasteiger partial charge in [0.05, 0.1) is 12.5 Å². The van der Waals surface area contributed by atoms with E-state index in [0.717, 1.165) is 6.42 Å². The third-order valence-corrected chi connectivity index (χ3v) is 2.63. The van der Waals surface area contributed by atoms with Crippen LogP contribution in [0.25, 0.3) is 0 Å². The van der Waals surface area contributed by atoms with Crippen molar-refractivity contribution in [2.75, 3.05) is 6.54 Å². The molecule has 16 heavy (non-hydrogen) atoms. The molecule has 2 unspecified atom stereocenters. The molecular weight excluding hydrogens is 208 g/mol. The van der Waals surface area contributed by atoms with Gasteiger partial charge in [-0.05, 0) is 33.6 Å². The quantitative estimate of drug-likeness (QED) is 0.649. The molecule has 1 aliphatic carbocycles. The van der Waals surface area contributed by atoms with Crippen LogP contribution in [0.15, 0.2) is 0 Å². The van der Waals surface area contributed by atoms with E-state index in [4.69, 9.17) is 5.11 Å². The van der Waals surface area contributed by atoms with Crippen molar-refractivity contribution >= 4 is 11.9 Å². The second-order valence-corrected chi connectivity index (χ2v) is 5.31. The summed E-state index contributed by atoms with van der Waals surface area (Å²) in [6.45, 7) is 5.92. The average Bonchev–Trinajstić information content (AvgIpc) is 1.96. The van der Waals surface area contributed by atoms with Crippen LogP contribution >= 0.6 is 0 Å². The molecule has 1 amide bonds. The summed E-state index contributed by atoms with van der Waals surface area (Å²) in [6.07, 6.45) is 1.54. The Morgan fingerprint density at radius 3 is 2.31 bits per heavy atom. The lowest BCUT2D eigenvalue weighted by molar-refractivity contribution is -0.146. The number of rotatable bonds is 4. The van der Waals surface area contributed by atoms with Crippen molar-refractivity contribution in [1.82, 2.24) is 10.6 Å². The Morgan fingerprint density at radius 2 is 1.94 bits per heavy atom.